The van der Waals surface area contributed by atoms with Crippen LogP contribution < -0.4 is 16.4 Å². The molecular weight excluding hydrogens is 322 g/mol. The maximum Gasteiger partial charge on any atom is 0.241 e. The van der Waals surface area contributed by atoms with E-state index < -0.39 is 6.04 Å². The van der Waals surface area contributed by atoms with Gasteiger partial charge in [-0.15, -0.1) is 12.4 Å². The van der Waals surface area contributed by atoms with E-state index >= 15 is 0 Å². The number of carbonyl (C=O) groups is 2. The number of carbonyl (C=O) groups excluding carboxylic acids is 2. The van der Waals surface area contributed by atoms with Gasteiger partial charge in [0, 0.05) is 17.8 Å². The molecule has 122 valence electrons. The molecule has 4 N–H and O–H groups in total. The largest absolute Gasteiger partial charge is 0.326 e. The van der Waals surface area contributed by atoms with Crippen LogP contribution in [0, 0.1) is 0 Å². The second kappa shape index (κ2) is 9.02. The Morgan fingerprint density at radius 3 is 2.95 bits per heavy atom. The molecule has 1 heterocycles. The molecule has 0 fully saturated rings. The Hall–Kier alpha value is -1.24. The Balaban J connectivity index is 0.00000242. The van der Waals surface area contributed by atoms with Crippen LogP contribution in [0.15, 0.2) is 18.2 Å². The zero-order chi connectivity index (χ0) is 15.2. The lowest BCUT2D eigenvalue weighted by atomic mass is 10.1. The van der Waals surface area contributed by atoms with Crippen molar-refractivity contribution in [2.24, 2.45) is 5.73 Å². The van der Waals surface area contributed by atoms with Crippen molar-refractivity contribution >= 4 is 47.4 Å². The molecule has 2 amide bonds. The quantitative estimate of drug-likeness (QED) is 0.766. The minimum Gasteiger partial charge on any atom is -0.326 e. The summed E-state index contributed by atoms with van der Waals surface area (Å²) in [6, 6.07) is 5.06. The summed E-state index contributed by atoms with van der Waals surface area (Å²) >= 11 is 1.67. The normalized spacial score (nSPS) is 14.9. The van der Waals surface area contributed by atoms with Crippen molar-refractivity contribution in [3.8, 4) is 0 Å². The highest BCUT2D eigenvalue weighted by atomic mass is 35.5. The molecule has 0 saturated heterocycles. The first-order valence-electron chi connectivity index (χ1n) is 7.08. The number of nitrogens with two attached hydrogens (primary N) is 1. The number of aryl methyl sites for hydroxylation is 1. The van der Waals surface area contributed by atoms with Gasteiger partial charge in [-0.05, 0) is 55.0 Å². The number of thioether (sulfide) groups is 1. The molecule has 2 rings (SSSR count). The number of halogens is 1. The van der Waals surface area contributed by atoms with Gasteiger partial charge >= 0.3 is 0 Å². The maximum absolute atomic E-state index is 12.0. The average molecular weight is 344 g/mol. The Morgan fingerprint density at radius 1 is 1.45 bits per heavy atom. The number of amides is 2. The molecule has 0 saturated carbocycles. The van der Waals surface area contributed by atoms with Gasteiger partial charge in [-0.25, -0.2) is 0 Å². The fourth-order valence-electron chi connectivity index (χ4n) is 2.26. The third-order valence-corrected chi connectivity index (χ3v) is 4.11. The van der Waals surface area contributed by atoms with Gasteiger partial charge in [-0.2, -0.15) is 11.8 Å². The van der Waals surface area contributed by atoms with Gasteiger partial charge in [0.1, 0.15) is 0 Å². The second-order valence-electron chi connectivity index (χ2n) is 5.15. The Bertz CT molecular complexity index is 540. The Labute approximate surface area is 141 Å². The van der Waals surface area contributed by atoms with Gasteiger partial charge in [0.15, 0.2) is 0 Å². The van der Waals surface area contributed by atoms with Crippen molar-refractivity contribution in [1.29, 1.82) is 0 Å². The molecule has 1 aliphatic rings. The maximum atomic E-state index is 12.0. The minimum atomic E-state index is -0.490. The zero-order valence-corrected chi connectivity index (χ0v) is 14.2. The number of hydrogen-bond donors (Lipinski definition) is 3. The molecule has 0 radical (unpaired) electrons. The fourth-order valence-corrected chi connectivity index (χ4v) is 2.75. The van der Waals surface area contributed by atoms with E-state index in [1.54, 1.807) is 17.8 Å². The van der Waals surface area contributed by atoms with Crippen LogP contribution in [0.4, 0.5) is 11.4 Å². The molecule has 0 aliphatic carbocycles. The van der Waals surface area contributed by atoms with Gasteiger partial charge in [0.25, 0.3) is 0 Å². The van der Waals surface area contributed by atoms with E-state index in [1.807, 2.05) is 18.4 Å². The summed E-state index contributed by atoms with van der Waals surface area (Å²) < 4.78 is 0. The van der Waals surface area contributed by atoms with Crippen molar-refractivity contribution in [3.05, 3.63) is 23.8 Å². The highest BCUT2D eigenvalue weighted by molar-refractivity contribution is 7.98. The summed E-state index contributed by atoms with van der Waals surface area (Å²) in [6.07, 6.45) is 4.84. The van der Waals surface area contributed by atoms with Crippen LogP contribution in [0.3, 0.4) is 0 Å². The summed E-state index contributed by atoms with van der Waals surface area (Å²) in [4.78, 5) is 23.5. The van der Waals surface area contributed by atoms with E-state index in [9.17, 15) is 9.59 Å². The summed E-state index contributed by atoms with van der Waals surface area (Å²) in [7, 11) is 0. The first kappa shape index (κ1) is 18.8. The van der Waals surface area contributed by atoms with Crippen molar-refractivity contribution in [3.63, 3.8) is 0 Å². The topological polar surface area (TPSA) is 84.2 Å². The average Bonchev–Trinajstić information content (AvgIpc) is 2.65. The van der Waals surface area contributed by atoms with Gasteiger partial charge < -0.3 is 16.4 Å². The van der Waals surface area contributed by atoms with Crippen LogP contribution in [-0.2, 0) is 16.0 Å². The lowest BCUT2D eigenvalue weighted by molar-refractivity contribution is -0.117. The van der Waals surface area contributed by atoms with Gasteiger partial charge in [-0.1, -0.05) is 0 Å². The number of benzene rings is 1. The molecule has 1 aromatic carbocycles. The fraction of sp³-hybridized carbons (Fsp3) is 0.467. The lowest BCUT2D eigenvalue weighted by Crippen LogP contribution is -2.36. The smallest absolute Gasteiger partial charge is 0.241 e. The highest BCUT2D eigenvalue weighted by Crippen LogP contribution is 2.25. The SMILES string of the molecule is CSCC[C@H](N)C(=O)Nc1ccc2c(c1)CCCC(=O)N2.Cl. The molecule has 1 atom stereocenters. The molecule has 0 aromatic heterocycles. The van der Waals surface area contributed by atoms with Crippen molar-refractivity contribution in [2.75, 3.05) is 22.6 Å². The third kappa shape index (κ3) is 5.19. The minimum absolute atomic E-state index is 0. The second-order valence-corrected chi connectivity index (χ2v) is 6.14. The van der Waals surface area contributed by atoms with E-state index in [4.69, 9.17) is 5.73 Å². The number of rotatable bonds is 5. The van der Waals surface area contributed by atoms with Crippen LogP contribution in [0.1, 0.15) is 24.8 Å². The molecule has 7 heteroatoms. The van der Waals surface area contributed by atoms with Crippen LogP contribution in [0.5, 0.6) is 0 Å². The molecule has 0 unspecified atom stereocenters. The highest BCUT2D eigenvalue weighted by Gasteiger charge is 2.16. The zero-order valence-electron chi connectivity index (χ0n) is 12.6. The van der Waals surface area contributed by atoms with E-state index in [2.05, 4.69) is 10.6 Å². The first-order valence-corrected chi connectivity index (χ1v) is 8.47. The predicted molar refractivity (Wildman–Crippen MR) is 94.9 cm³/mol. The van der Waals surface area contributed by atoms with Gasteiger partial charge in [0.2, 0.25) is 11.8 Å². The van der Waals surface area contributed by atoms with Gasteiger partial charge in [-0.3, -0.25) is 9.59 Å². The van der Waals surface area contributed by atoms with Crippen LogP contribution in [0.25, 0.3) is 0 Å². The van der Waals surface area contributed by atoms with Crippen molar-refractivity contribution in [2.45, 2.75) is 31.7 Å². The molecular formula is C15H22ClN3O2S. The number of anilines is 2. The summed E-state index contributed by atoms with van der Waals surface area (Å²) in [6.45, 7) is 0. The van der Waals surface area contributed by atoms with Crippen molar-refractivity contribution < 1.29 is 9.59 Å². The number of fused-ring (bicyclic) bond motifs is 1. The molecule has 1 aromatic rings. The van der Waals surface area contributed by atoms with E-state index in [1.165, 1.54) is 0 Å². The molecule has 5 nitrogen and oxygen atoms in total. The van der Waals surface area contributed by atoms with E-state index in [-0.39, 0.29) is 24.2 Å². The Kier molecular flexibility index (Phi) is 7.72. The van der Waals surface area contributed by atoms with Crippen LogP contribution in [0.2, 0.25) is 0 Å². The van der Waals surface area contributed by atoms with E-state index in [0.29, 0.717) is 12.8 Å². The molecule has 22 heavy (non-hydrogen) atoms. The molecule has 0 bridgehead atoms. The standard InChI is InChI=1S/C15H21N3O2S.ClH/c1-21-8-7-12(16)15(20)17-11-5-6-13-10(9-11)3-2-4-14(19)18-13;/h5-6,9,12H,2-4,7-8,16H2,1H3,(H,17,20)(H,18,19);1H/t12-;/m0./s1. The summed E-state index contributed by atoms with van der Waals surface area (Å²) in [5.74, 6) is 0.747. The lowest BCUT2D eigenvalue weighted by Gasteiger charge is -2.13. The van der Waals surface area contributed by atoms with E-state index in [0.717, 1.165) is 35.5 Å². The Morgan fingerprint density at radius 2 is 2.23 bits per heavy atom. The summed E-state index contributed by atoms with van der Waals surface area (Å²) in [5.41, 5.74) is 8.47. The first-order chi connectivity index (χ1) is 10.1. The number of nitrogens with one attached hydrogen (secondary N) is 2. The molecule has 1 aliphatic heterocycles. The summed E-state index contributed by atoms with van der Waals surface area (Å²) in [5, 5.41) is 5.72. The van der Waals surface area contributed by atoms with Gasteiger partial charge in [0.05, 0.1) is 6.04 Å². The predicted octanol–water partition coefficient (Wildman–Crippen LogP) is 2.40. The van der Waals surface area contributed by atoms with Crippen molar-refractivity contribution in [1.82, 2.24) is 0 Å². The molecule has 0 spiro atoms. The number of hydrogen-bond acceptors (Lipinski definition) is 4. The monoisotopic (exact) mass is 343 g/mol. The van der Waals surface area contributed by atoms with Crippen LogP contribution in [-0.4, -0.2) is 29.9 Å². The van der Waals surface area contributed by atoms with Crippen LogP contribution >= 0.6 is 24.2 Å². The third-order valence-electron chi connectivity index (χ3n) is 3.47.